The van der Waals surface area contributed by atoms with Gasteiger partial charge in [0.1, 0.15) is 0 Å². The van der Waals surface area contributed by atoms with Crippen molar-refractivity contribution in [3.63, 3.8) is 0 Å². The van der Waals surface area contributed by atoms with E-state index in [1.807, 2.05) is 24.1 Å². The van der Waals surface area contributed by atoms with Crippen molar-refractivity contribution < 1.29 is 4.79 Å². The topological polar surface area (TPSA) is 52.2 Å². The van der Waals surface area contributed by atoms with Crippen LogP contribution in [0.25, 0.3) is 0 Å². The van der Waals surface area contributed by atoms with Crippen molar-refractivity contribution >= 4 is 17.5 Å². The molecule has 1 fully saturated rings. The van der Waals surface area contributed by atoms with Gasteiger partial charge in [0.2, 0.25) is 0 Å². The second kappa shape index (κ2) is 8.66. The second-order valence-electron chi connectivity index (χ2n) is 8.23. The molecule has 0 spiro atoms. The van der Waals surface area contributed by atoms with Crippen LogP contribution in [-0.2, 0) is 19.3 Å². The van der Waals surface area contributed by atoms with E-state index >= 15 is 0 Å². The molecule has 2 aromatic rings. The molecule has 0 radical (unpaired) electrons. The Kier molecular flexibility index (Phi) is 6.02. The summed E-state index contributed by atoms with van der Waals surface area (Å²) in [5, 5.41) is 8.13. The number of carbonyl (C=O) groups excluding carboxylic acids is 1. The highest BCUT2D eigenvalue weighted by molar-refractivity contribution is 6.30. The standard InChI is InChI=1S/C22H29ClN4O/c1-26(22(28)21-19-3-2-4-20(19)24-25-21)15-17-10-13-27(14-11-17)12-9-16-5-7-18(23)8-6-16/h5-8,17H,2-4,9-15H2,1H3,(H,24,25). The minimum Gasteiger partial charge on any atom is -0.340 e. The number of carbonyl (C=O) groups is 1. The number of aryl methyl sites for hydroxylation is 1. The van der Waals surface area contributed by atoms with E-state index in [0.29, 0.717) is 11.6 Å². The van der Waals surface area contributed by atoms with Crippen LogP contribution in [0.3, 0.4) is 0 Å². The molecule has 1 amide bonds. The molecule has 1 saturated heterocycles. The Morgan fingerprint density at radius 2 is 2.00 bits per heavy atom. The van der Waals surface area contributed by atoms with Crippen LogP contribution in [0.5, 0.6) is 0 Å². The van der Waals surface area contributed by atoms with Gasteiger partial charge in [0.25, 0.3) is 5.91 Å². The van der Waals surface area contributed by atoms with Crippen LogP contribution in [0.1, 0.15) is 46.6 Å². The summed E-state index contributed by atoms with van der Waals surface area (Å²) in [4.78, 5) is 17.2. The van der Waals surface area contributed by atoms with Gasteiger partial charge in [-0.15, -0.1) is 0 Å². The summed E-state index contributed by atoms with van der Waals surface area (Å²) in [6.07, 6.45) is 6.49. The van der Waals surface area contributed by atoms with E-state index in [1.165, 1.54) is 5.56 Å². The lowest BCUT2D eigenvalue weighted by Gasteiger charge is -2.33. The van der Waals surface area contributed by atoms with Crippen molar-refractivity contribution in [2.24, 2.45) is 5.92 Å². The van der Waals surface area contributed by atoms with Gasteiger partial charge in [0.05, 0.1) is 0 Å². The molecule has 150 valence electrons. The number of hydrogen-bond acceptors (Lipinski definition) is 3. The van der Waals surface area contributed by atoms with E-state index in [2.05, 4.69) is 27.2 Å². The molecule has 1 N–H and O–H groups in total. The minimum atomic E-state index is 0.0737. The van der Waals surface area contributed by atoms with Crippen LogP contribution in [0.4, 0.5) is 0 Å². The molecule has 2 heterocycles. The Hall–Kier alpha value is -1.85. The number of likely N-dealkylation sites (tertiary alicyclic amines) is 1. The number of benzene rings is 1. The maximum absolute atomic E-state index is 12.8. The van der Waals surface area contributed by atoms with Gasteiger partial charge in [-0.1, -0.05) is 23.7 Å². The smallest absolute Gasteiger partial charge is 0.274 e. The van der Waals surface area contributed by atoms with Crippen LogP contribution in [0.2, 0.25) is 5.02 Å². The molecule has 4 rings (SSSR count). The maximum Gasteiger partial charge on any atom is 0.274 e. The molecule has 0 unspecified atom stereocenters. The van der Waals surface area contributed by atoms with Crippen molar-refractivity contribution in [3.8, 4) is 0 Å². The number of piperidine rings is 1. The van der Waals surface area contributed by atoms with Crippen molar-refractivity contribution in [1.82, 2.24) is 20.0 Å². The van der Waals surface area contributed by atoms with Gasteiger partial charge < -0.3 is 9.80 Å². The van der Waals surface area contributed by atoms with Gasteiger partial charge in [0, 0.05) is 36.4 Å². The van der Waals surface area contributed by atoms with Gasteiger partial charge >= 0.3 is 0 Å². The highest BCUT2D eigenvalue weighted by Gasteiger charge is 2.27. The third-order valence-corrected chi connectivity index (χ3v) is 6.48. The predicted molar refractivity (Wildman–Crippen MR) is 112 cm³/mol. The molecular formula is C22H29ClN4O. The van der Waals surface area contributed by atoms with Crippen molar-refractivity contribution in [2.75, 3.05) is 33.2 Å². The zero-order valence-corrected chi connectivity index (χ0v) is 17.3. The van der Waals surface area contributed by atoms with Crippen LogP contribution < -0.4 is 0 Å². The molecule has 28 heavy (non-hydrogen) atoms. The largest absolute Gasteiger partial charge is 0.340 e. The third-order valence-electron chi connectivity index (χ3n) is 6.22. The molecule has 1 aromatic carbocycles. The number of amides is 1. The Labute approximate surface area is 172 Å². The van der Waals surface area contributed by atoms with E-state index in [-0.39, 0.29) is 5.91 Å². The fraction of sp³-hybridized carbons (Fsp3) is 0.545. The Bertz CT molecular complexity index is 808. The minimum absolute atomic E-state index is 0.0737. The van der Waals surface area contributed by atoms with E-state index in [1.54, 1.807) is 0 Å². The summed E-state index contributed by atoms with van der Waals surface area (Å²) >= 11 is 5.96. The number of nitrogens with zero attached hydrogens (tertiary/aromatic N) is 3. The summed E-state index contributed by atoms with van der Waals surface area (Å²) in [6, 6.07) is 8.15. The van der Waals surface area contributed by atoms with E-state index in [4.69, 9.17) is 11.6 Å². The number of fused-ring (bicyclic) bond motifs is 1. The van der Waals surface area contributed by atoms with Gasteiger partial charge in [-0.25, -0.2) is 0 Å². The van der Waals surface area contributed by atoms with Crippen LogP contribution in [0, 0.1) is 5.92 Å². The van der Waals surface area contributed by atoms with E-state index < -0.39 is 0 Å². The Balaban J connectivity index is 1.22. The molecule has 0 atom stereocenters. The first-order valence-electron chi connectivity index (χ1n) is 10.4. The summed E-state index contributed by atoms with van der Waals surface area (Å²) in [5.41, 5.74) is 4.29. The Morgan fingerprint density at radius 1 is 1.25 bits per heavy atom. The average molecular weight is 401 g/mol. The number of aromatic amines is 1. The Morgan fingerprint density at radius 3 is 2.75 bits per heavy atom. The van der Waals surface area contributed by atoms with Gasteiger partial charge in [-0.05, 0) is 75.2 Å². The fourth-order valence-corrected chi connectivity index (χ4v) is 4.60. The van der Waals surface area contributed by atoms with Gasteiger partial charge in [0.15, 0.2) is 5.69 Å². The van der Waals surface area contributed by atoms with Crippen molar-refractivity contribution in [1.29, 1.82) is 0 Å². The monoisotopic (exact) mass is 400 g/mol. The van der Waals surface area contributed by atoms with E-state index in [9.17, 15) is 4.79 Å². The summed E-state index contributed by atoms with van der Waals surface area (Å²) in [5.74, 6) is 0.650. The highest BCUT2D eigenvalue weighted by atomic mass is 35.5. The zero-order chi connectivity index (χ0) is 19.5. The SMILES string of the molecule is CN(CC1CCN(CCc2ccc(Cl)cc2)CC1)C(=O)c1n[nH]c2c1CCC2. The number of nitrogens with one attached hydrogen (secondary N) is 1. The average Bonchev–Trinajstić information content (AvgIpc) is 3.32. The summed E-state index contributed by atoms with van der Waals surface area (Å²) in [7, 11) is 1.92. The van der Waals surface area contributed by atoms with Gasteiger partial charge in [-0.3, -0.25) is 9.89 Å². The second-order valence-corrected chi connectivity index (χ2v) is 8.67. The number of halogens is 1. The molecule has 1 aliphatic carbocycles. The predicted octanol–water partition coefficient (Wildman–Crippen LogP) is 3.58. The number of aromatic nitrogens is 2. The lowest BCUT2D eigenvalue weighted by atomic mass is 9.95. The first kappa shape index (κ1) is 19.5. The van der Waals surface area contributed by atoms with Crippen LogP contribution >= 0.6 is 11.6 Å². The lowest BCUT2D eigenvalue weighted by Crippen LogP contribution is -2.40. The molecule has 1 aromatic heterocycles. The van der Waals surface area contributed by atoms with Gasteiger partial charge in [-0.2, -0.15) is 5.10 Å². The summed E-state index contributed by atoms with van der Waals surface area (Å²) < 4.78 is 0. The zero-order valence-electron chi connectivity index (χ0n) is 16.6. The number of hydrogen-bond donors (Lipinski definition) is 1. The normalized spacial score (nSPS) is 17.6. The molecule has 5 nitrogen and oxygen atoms in total. The maximum atomic E-state index is 12.8. The molecule has 0 bridgehead atoms. The molecule has 1 aliphatic heterocycles. The highest BCUT2D eigenvalue weighted by Crippen LogP contribution is 2.25. The van der Waals surface area contributed by atoms with Crippen molar-refractivity contribution in [3.05, 3.63) is 51.8 Å². The number of H-pyrrole nitrogens is 1. The summed E-state index contributed by atoms with van der Waals surface area (Å²) in [6.45, 7) is 4.13. The van der Waals surface area contributed by atoms with E-state index in [0.717, 1.165) is 81.0 Å². The third kappa shape index (κ3) is 4.41. The van der Waals surface area contributed by atoms with Crippen LogP contribution in [-0.4, -0.2) is 59.1 Å². The molecule has 2 aliphatic rings. The molecule has 6 heteroatoms. The van der Waals surface area contributed by atoms with Crippen molar-refractivity contribution in [2.45, 2.75) is 38.5 Å². The fourth-order valence-electron chi connectivity index (χ4n) is 4.48. The number of rotatable bonds is 6. The lowest BCUT2D eigenvalue weighted by molar-refractivity contribution is 0.0733. The first-order chi connectivity index (χ1) is 13.6. The molecule has 0 saturated carbocycles. The quantitative estimate of drug-likeness (QED) is 0.806. The van der Waals surface area contributed by atoms with Crippen LogP contribution in [0.15, 0.2) is 24.3 Å². The molecular weight excluding hydrogens is 372 g/mol. The first-order valence-corrected chi connectivity index (χ1v) is 10.8.